The molecule has 0 spiro atoms. The number of hydrogen-bond acceptors (Lipinski definition) is 3. The van der Waals surface area contributed by atoms with Crippen molar-refractivity contribution >= 4 is 56.3 Å². The van der Waals surface area contributed by atoms with Crippen molar-refractivity contribution in [3.05, 3.63) is 109 Å². The SMILES string of the molecule is F.FF.OB(O)c1cccc2c1oc1c(-c3ccc4c(c3)c3ccccc3n4-c3ccccc3)cccc12. The van der Waals surface area contributed by atoms with Crippen molar-refractivity contribution in [1.29, 1.82) is 0 Å². The Bertz CT molecular complexity index is 1900. The van der Waals surface area contributed by atoms with E-state index in [2.05, 4.69) is 77.4 Å². The van der Waals surface area contributed by atoms with Gasteiger partial charge in [0.15, 0.2) is 0 Å². The highest BCUT2D eigenvalue weighted by Gasteiger charge is 2.21. The van der Waals surface area contributed by atoms with Gasteiger partial charge in [-0.1, -0.05) is 78.9 Å². The molecule has 8 heteroatoms. The molecule has 188 valence electrons. The molecule has 0 saturated carbocycles. The Labute approximate surface area is 215 Å². The first-order chi connectivity index (χ1) is 18.2. The van der Waals surface area contributed by atoms with Crippen molar-refractivity contribution < 1.29 is 28.3 Å². The zero-order chi connectivity index (χ0) is 25.5. The molecule has 2 heterocycles. The molecule has 2 N–H and O–H groups in total. The standard InChI is InChI=1S/C30H20BNO3.F2.FH/c33-31(34)26-14-7-13-24-23-12-6-11-21(29(23)35-30(24)26)19-16-17-28-25(18-19)22-10-4-5-15-27(22)32(28)20-8-2-1-3-9-20;1-2;/h1-18,33-34H;;1H. The topological polar surface area (TPSA) is 58.5 Å². The molecule has 0 atom stereocenters. The summed E-state index contributed by atoms with van der Waals surface area (Å²) >= 11 is 0. The van der Waals surface area contributed by atoms with E-state index in [9.17, 15) is 10.0 Å². The molecule has 0 fully saturated rings. The Morgan fingerprint density at radius 1 is 0.605 bits per heavy atom. The third-order valence-electron chi connectivity index (χ3n) is 6.83. The summed E-state index contributed by atoms with van der Waals surface area (Å²) < 4.78 is 24.6. The second-order valence-electron chi connectivity index (χ2n) is 8.80. The summed E-state index contributed by atoms with van der Waals surface area (Å²) in [5.74, 6) is 0. The van der Waals surface area contributed by atoms with Gasteiger partial charge in [0.1, 0.15) is 11.2 Å². The number of furan rings is 1. The van der Waals surface area contributed by atoms with Crippen LogP contribution in [0, 0.1) is 0 Å². The van der Waals surface area contributed by atoms with Gasteiger partial charge in [0.2, 0.25) is 0 Å². The van der Waals surface area contributed by atoms with Gasteiger partial charge in [-0.2, -0.15) is 0 Å². The van der Waals surface area contributed by atoms with Gasteiger partial charge < -0.3 is 19.0 Å². The Kier molecular flexibility index (Phi) is 6.67. The Hall–Kier alpha value is -4.53. The van der Waals surface area contributed by atoms with Gasteiger partial charge in [0, 0.05) is 47.4 Å². The minimum atomic E-state index is -1.59. The molecule has 7 rings (SSSR count). The first kappa shape index (κ1) is 25.1. The summed E-state index contributed by atoms with van der Waals surface area (Å²) in [6, 6.07) is 36.9. The Morgan fingerprint density at radius 2 is 1.24 bits per heavy atom. The van der Waals surface area contributed by atoms with Crippen LogP contribution in [0.3, 0.4) is 0 Å². The lowest BCUT2D eigenvalue weighted by Gasteiger charge is -2.08. The van der Waals surface area contributed by atoms with E-state index in [-0.39, 0.29) is 4.70 Å². The highest BCUT2D eigenvalue weighted by Crippen LogP contribution is 2.39. The van der Waals surface area contributed by atoms with E-state index in [0.29, 0.717) is 11.0 Å². The van der Waals surface area contributed by atoms with Crippen LogP contribution in [0.15, 0.2) is 114 Å². The fraction of sp³-hybridized carbons (Fsp3) is 0. The highest BCUT2D eigenvalue weighted by atomic mass is 20.0. The Morgan fingerprint density at radius 3 is 2.00 bits per heavy atom. The summed E-state index contributed by atoms with van der Waals surface area (Å²) in [7, 11) is -1.59. The molecule has 0 bridgehead atoms. The van der Waals surface area contributed by atoms with Crippen LogP contribution in [0.1, 0.15) is 0 Å². The van der Waals surface area contributed by atoms with Crippen LogP contribution in [0.4, 0.5) is 13.9 Å². The molecule has 5 aromatic carbocycles. The summed E-state index contributed by atoms with van der Waals surface area (Å²) in [5.41, 5.74) is 7.05. The Balaban J connectivity index is 0.000000959. The molecular weight excluding hydrogens is 490 g/mol. The number of rotatable bonds is 3. The van der Waals surface area contributed by atoms with E-state index < -0.39 is 7.12 Å². The maximum atomic E-state index is 9.84. The van der Waals surface area contributed by atoms with Crippen molar-refractivity contribution in [2.24, 2.45) is 0 Å². The molecule has 2 aromatic heterocycles. The van der Waals surface area contributed by atoms with E-state index in [4.69, 9.17) is 13.6 Å². The van der Waals surface area contributed by atoms with Crippen LogP contribution in [-0.2, 0) is 0 Å². The van der Waals surface area contributed by atoms with Crippen LogP contribution in [0.25, 0.3) is 60.6 Å². The van der Waals surface area contributed by atoms with E-state index in [1.54, 1.807) is 6.07 Å². The second kappa shape index (κ2) is 10.1. The summed E-state index contributed by atoms with van der Waals surface area (Å²) in [5, 5.41) is 23.9. The van der Waals surface area contributed by atoms with E-state index in [0.717, 1.165) is 44.2 Å². The molecule has 0 amide bonds. The largest absolute Gasteiger partial charge is 0.492 e. The second-order valence-corrected chi connectivity index (χ2v) is 8.80. The summed E-state index contributed by atoms with van der Waals surface area (Å²) in [6.07, 6.45) is 0. The average Bonchev–Trinajstić information content (AvgIpc) is 3.50. The fourth-order valence-electron chi connectivity index (χ4n) is 5.27. The number of fused-ring (bicyclic) bond motifs is 6. The lowest BCUT2D eigenvalue weighted by molar-refractivity contribution is 0.108. The van der Waals surface area contributed by atoms with Gasteiger partial charge in [-0.25, -0.2) is 0 Å². The van der Waals surface area contributed by atoms with Crippen molar-refractivity contribution in [3.8, 4) is 16.8 Å². The predicted octanol–water partition coefficient (Wildman–Crippen LogP) is 7.02. The minimum absolute atomic E-state index is 0. The molecule has 4 nitrogen and oxygen atoms in total. The van der Waals surface area contributed by atoms with Gasteiger partial charge >= 0.3 is 7.12 Å². The van der Waals surface area contributed by atoms with Gasteiger partial charge in [-0.15, -0.1) is 0 Å². The zero-order valence-corrected chi connectivity index (χ0v) is 19.9. The highest BCUT2D eigenvalue weighted by molar-refractivity contribution is 6.61. The summed E-state index contributed by atoms with van der Waals surface area (Å²) in [4.78, 5) is 0. The third-order valence-corrected chi connectivity index (χ3v) is 6.83. The number of para-hydroxylation sites is 4. The molecule has 0 radical (unpaired) electrons. The van der Waals surface area contributed by atoms with Crippen molar-refractivity contribution in [2.75, 3.05) is 0 Å². The number of halogens is 3. The van der Waals surface area contributed by atoms with Gasteiger partial charge in [-0.05, 0) is 35.9 Å². The van der Waals surface area contributed by atoms with E-state index in [1.165, 1.54) is 10.8 Å². The number of benzene rings is 5. The average molecular weight is 511 g/mol. The van der Waals surface area contributed by atoms with Gasteiger partial charge in [0.25, 0.3) is 0 Å². The molecule has 0 aliphatic heterocycles. The van der Waals surface area contributed by atoms with Crippen LogP contribution < -0.4 is 5.46 Å². The monoisotopic (exact) mass is 511 g/mol. The first-order valence-electron chi connectivity index (χ1n) is 11.7. The van der Waals surface area contributed by atoms with Crippen LogP contribution in [0.5, 0.6) is 0 Å². The van der Waals surface area contributed by atoms with E-state index >= 15 is 0 Å². The molecule has 0 saturated heterocycles. The van der Waals surface area contributed by atoms with Gasteiger partial charge in [0.05, 0.1) is 11.0 Å². The molecule has 0 aliphatic rings. The normalized spacial score (nSPS) is 10.9. The maximum absolute atomic E-state index is 9.84. The third kappa shape index (κ3) is 3.82. The molecular formula is C30H21BF3NO3. The first-order valence-corrected chi connectivity index (χ1v) is 11.7. The lowest BCUT2D eigenvalue weighted by Crippen LogP contribution is -2.29. The molecule has 7 aromatic rings. The van der Waals surface area contributed by atoms with Crippen LogP contribution >= 0.6 is 0 Å². The minimum Gasteiger partial charge on any atom is -0.456 e. The number of nitrogens with zero attached hydrogens (tertiary/aromatic N) is 1. The zero-order valence-electron chi connectivity index (χ0n) is 19.9. The van der Waals surface area contributed by atoms with Gasteiger partial charge in [-0.3, -0.25) is 4.70 Å². The molecule has 0 aliphatic carbocycles. The van der Waals surface area contributed by atoms with Crippen molar-refractivity contribution in [3.63, 3.8) is 0 Å². The molecule has 0 unspecified atom stereocenters. The maximum Gasteiger partial charge on any atom is 0.492 e. The smallest absolute Gasteiger partial charge is 0.456 e. The van der Waals surface area contributed by atoms with Crippen molar-refractivity contribution in [2.45, 2.75) is 0 Å². The fourth-order valence-corrected chi connectivity index (χ4v) is 5.27. The van der Waals surface area contributed by atoms with Crippen LogP contribution in [-0.4, -0.2) is 21.7 Å². The quantitative estimate of drug-likeness (QED) is 0.251. The number of hydrogen-bond donors (Lipinski definition) is 2. The lowest BCUT2D eigenvalue weighted by atomic mass is 9.79. The predicted molar refractivity (Wildman–Crippen MR) is 148 cm³/mol. The van der Waals surface area contributed by atoms with Crippen molar-refractivity contribution in [1.82, 2.24) is 4.57 Å². The summed E-state index contributed by atoms with van der Waals surface area (Å²) in [6.45, 7) is 0. The number of aromatic nitrogens is 1. The van der Waals surface area contributed by atoms with E-state index in [1.807, 2.05) is 30.3 Å². The van der Waals surface area contributed by atoms with Crippen LogP contribution in [0.2, 0.25) is 0 Å². The molecule has 38 heavy (non-hydrogen) atoms.